The quantitative estimate of drug-likeness (QED) is 0.844. The van der Waals surface area contributed by atoms with Gasteiger partial charge in [-0.05, 0) is 41.5 Å². The van der Waals surface area contributed by atoms with Gasteiger partial charge in [-0.25, -0.2) is 0 Å². The van der Waals surface area contributed by atoms with Crippen LogP contribution < -0.4 is 4.74 Å². The maximum Gasteiger partial charge on any atom is 0.316 e. The SMILES string of the molecule is CCC(Sc1ccc2cc(OC)ccc2c1)C(=O)O. The van der Waals surface area contributed by atoms with Crippen LogP contribution in [0.5, 0.6) is 5.75 Å². The average molecular weight is 276 g/mol. The third kappa shape index (κ3) is 3.20. The zero-order valence-electron chi connectivity index (χ0n) is 10.9. The maximum absolute atomic E-state index is 11.0. The second-order valence-corrected chi connectivity index (χ2v) is 5.50. The van der Waals surface area contributed by atoms with Crippen LogP contribution in [-0.2, 0) is 4.79 Å². The van der Waals surface area contributed by atoms with Crippen LogP contribution in [0.1, 0.15) is 13.3 Å². The molecule has 0 bridgehead atoms. The zero-order valence-corrected chi connectivity index (χ0v) is 11.7. The molecule has 100 valence electrons. The number of fused-ring (bicyclic) bond motifs is 1. The Labute approximate surface area is 116 Å². The van der Waals surface area contributed by atoms with Gasteiger partial charge in [0.2, 0.25) is 0 Å². The molecule has 0 aromatic heterocycles. The minimum atomic E-state index is -0.762. The Balaban J connectivity index is 2.29. The van der Waals surface area contributed by atoms with E-state index in [0.717, 1.165) is 21.4 Å². The number of hydrogen-bond donors (Lipinski definition) is 1. The molecule has 2 rings (SSSR count). The van der Waals surface area contributed by atoms with Crippen molar-refractivity contribution in [1.29, 1.82) is 0 Å². The molecule has 0 aliphatic carbocycles. The highest BCUT2D eigenvalue weighted by Gasteiger charge is 2.16. The second-order valence-electron chi connectivity index (χ2n) is 4.23. The lowest BCUT2D eigenvalue weighted by molar-refractivity contribution is -0.136. The van der Waals surface area contributed by atoms with Gasteiger partial charge in [-0.2, -0.15) is 0 Å². The van der Waals surface area contributed by atoms with Crippen LogP contribution in [0, 0.1) is 0 Å². The Morgan fingerprint density at radius 2 is 1.95 bits per heavy atom. The molecule has 19 heavy (non-hydrogen) atoms. The number of carboxylic acids is 1. The van der Waals surface area contributed by atoms with Gasteiger partial charge in [0.25, 0.3) is 0 Å². The molecule has 2 aromatic rings. The number of thioether (sulfide) groups is 1. The topological polar surface area (TPSA) is 46.5 Å². The molecule has 0 aliphatic rings. The summed E-state index contributed by atoms with van der Waals surface area (Å²) in [6, 6.07) is 11.8. The molecule has 0 saturated heterocycles. The van der Waals surface area contributed by atoms with Crippen LogP contribution in [0.2, 0.25) is 0 Å². The Kier molecular flexibility index (Phi) is 4.32. The summed E-state index contributed by atoms with van der Waals surface area (Å²) in [7, 11) is 1.64. The minimum Gasteiger partial charge on any atom is -0.497 e. The molecule has 0 fully saturated rings. The van der Waals surface area contributed by atoms with Gasteiger partial charge in [0.15, 0.2) is 0 Å². The number of benzene rings is 2. The van der Waals surface area contributed by atoms with Gasteiger partial charge < -0.3 is 9.84 Å². The zero-order chi connectivity index (χ0) is 13.8. The van der Waals surface area contributed by atoms with E-state index in [1.807, 2.05) is 43.3 Å². The van der Waals surface area contributed by atoms with Gasteiger partial charge in [-0.15, -0.1) is 11.8 Å². The Morgan fingerprint density at radius 1 is 1.26 bits per heavy atom. The van der Waals surface area contributed by atoms with Crippen molar-refractivity contribution in [2.75, 3.05) is 7.11 Å². The molecule has 1 atom stereocenters. The van der Waals surface area contributed by atoms with E-state index in [-0.39, 0.29) is 0 Å². The number of carboxylic acid groups (broad SMARTS) is 1. The van der Waals surface area contributed by atoms with Crippen molar-refractivity contribution < 1.29 is 14.6 Å². The lowest BCUT2D eigenvalue weighted by atomic mass is 10.1. The number of ether oxygens (including phenoxy) is 1. The summed E-state index contributed by atoms with van der Waals surface area (Å²) >= 11 is 1.39. The fourth-order valence-corrected chi connectivity index (χ4v) is 2.81. The van der Waals surface area contributed by atoms with Gasteiger partial charge >= 0.3 is 5.97 Å². The summed E-state index contributed by atoms with van der Waals surface area (Å²) in [5, 5.41) is 10.9. The largest absolute Gasteiger partial charge is 0.497 e. The highest BCUT2D eigenvalue weighted by Crippen LogP contribution is 2.30. The summed E-state index contributed by atoms with van der Waals surface area (Å²) in [6.45, 7) is 1.89. The van der Waals surface area contributed by atoms with Crippen LogP contribution in [0.15, 0.2) is 41.3 Å². The number of carbonyl (C=O) groups is 1. The lowest BCUT2D eigenvalue weighted by Crippen LogP contribution is -2.14. The predicted octanol–water partition coefficient (Wildman–Crippen LogP) is 3.80. The van der Waals surface area contributed by atoms with Crippen molar-refractivity contribution in [1.82, 2.24) is 0 Å². The summed E-state index contributed by atoms with van der Waals surface area (Å²) < 4.78 is 5.18. The van der Waals surface area contributed by atoms with E-state index in [1.54, 1.807) is 7.11 Å². The number of hydrogen-bond acceptors (Lipinski definition) is 3. The first-order chi connectivity index (χ1) is 9.13. The maximum atomic E-state index is 11.0. The standard InChI is InChI=1S/C15H16O3S/c1-3-14(15(16)17)19-13-7-5-10-8-12(18-2)6-4-11(10)9-13/h4-9,14H,3H2,1-2H3,(H,16,17). The number of methoxy groups -OCH3 is 1. The highest BCUT2D eigenvalue weighted by atomic mass is 32.2. The van der Waals surface area contributed by atoms with Gasteiger partial charge in [-0.1, -0.05) is 19.1 Å². The summed E-state index contributed by atoms with van der Waals surface area (Å²) in [5.41, 5.74) is 0. The Bertz CT molecular complexity index is 595. The van der Waals surface area contributed by atoms with Crippen molar-refractivity contribution in [3.63, 3.8) is 0 Å². The molecule has 0 saturated carbocycles. The molecule has 0 heterocycles. The smallest absolute Gasteiger partial charge is 0.316 e. The fraction of sp³-hybridized carbons (Fsp3) is 0.267. The summed E-state index contributed by atoms with van der Waals surface area (Å²) in [4.78, 5) is 12.0. The van der Waals surface area contributed by atoms with E-state index in [0.29, 0.717) is 6.42 Å². The fourth-order valence-electron chi connectivity index (χ4n) is 1.87. The van der Waals surface area contributed by atoms with Gasteiger partial charge in [-0.3, -0.25) is 4.79 Å². The predicted molar refractivity (Wildman–Crippen MR) is 78.1 cm³/mol. The van der Waals surface area contributed by atoms with Crippen LogP contribution in [-0.4, -0.2) is 23.4 Å². The third-order valence-corrected chi connectivity index (χ3v) is 4.29. The Hall–Kier alpha value is -1.68. The van der Waals surface area contributed by atoms with Gasteiger partial charge in [0.1, 0.15) is 11.0 Å². The summed E-state index contributed by atoms with van der Waals surface area (Å²) in [5.74, 6) is 0.0622. The van der Waals surface area contributed by atoms with E-state index >= 15 is 0 Å². The highest BCUT2D eigenvalue weighted by molar-refractivity contribution is 8.00. The molecule has 0 aliphatic heterocycles. The van der Waals surface area contributed by atoms with Crippen molar-refractivity contribution in [3.8, 4) is 5.75 Å². The third-order valence-electron chi connectivity index (χ3n) is 2.94. The van der Waals surface area contributed by atoms with Crippen molar-refractivity contribution in [2.45, 2.75) is 23.5 Å². The average Bonchev–Trinajstić information content (AvgIpc) is 2.43. The molecule has 0 amide bonds. The van der Waals surface area contributed by atoms with E-state index in [4.69, 9.17) is 9.84 Å². The van der Waals surface area contributed by atoms with Crippen molar-refractivity contribution >= 4 is 28.5 Å². The van der Waals surface area contributed by atoms with E-state index < -0.39 is 11.2 Å². The van der Waals surface area contributed by atoms with Gasteiger partial charge in [0, 0.05) is 4.90 Å². The van der Waals surface area contributed by atoms with Crippen LogP contribution in [0.3, 0.4) is 0 Å². The van der Waals surface area contributed by atoms with E-state index in [9.17, 15) is 4.79 Å². The normalized spacial score (nSPS) is 12.3. The first-order valence-electron chi connectivity index (χ1n) is 6.11. The molecule has 1 unspecified atom stereocenters. The minimum absolute atomic E-state index is 0.393. The molecule has 0 radical (unpaired) electrons. The monoisotopic (exact) mass is 276 g/mol. The molecule has 4 heteroatoms. The van der Waals surface area contributed by atoms with Crippen LogP contribution >= 0.6 is 11.8 Å². The molecule has 2 aromatic carbocycles. The van der Waals surface area contributed by atoms with Crippen LogP contribution in [0.4, 0.5) is 0 Å². The molecule has 3 nitrogen and oxygen atoms in total. The lowest BCUT2D eigenvalue weighted by Gasteiger charge is -2.10. The first-order valence-corrected chi connectivity index (χ1v) is 6.99. The van der Waals surface area contributed by atoms with E-state index in [2.05, 4.69) is 0 Å². The van der Waals surface area contributed by atoms with E-state index in [1.165, 1.54) is 11.8 Å². The summed E-state index contributed by atoms with van der Waals surface area (Å²) in [6.07, 6.45) is 0.612. The molecular formula is C15H16O3S. The first kappa shape index (κ1) is 13.7. The van der Waals surface area contributed by atoms with Crippen molar-refractivity contribution in [2.24, 2.45) is 0 Å². The second kappa shape index (κ2) is 5.97. The Morgan fingerprint density at radius 3 is 2.58 bits per heavy atom. The van der Waals surface area contributed by atoms with Crippen LogP contribution in [0.25, 0.3) is 10.8 Å². The molecule has 1 N–H and O–H groups in total. The van der Waals surface area contributed by atoms with Gasteiger partial charge in [0.05, 0.1) is 7.11 Å². The molecule has 0 spiro atoms. The molecular weight excluding hydrogens is 260 g/mol. The van der Waals surface area contributed by atoms with Crippen molar-refractivity contribution in [3.05, 3.63) is 36.4 Å². The number of aliphatic carboxylic acids is 1. The number of rotatable bonds is 5.